The first-order valence-corrected chi connectivity index (χ1v) is 11.8. The molecule has 158 valence electrons. The lowest BCUT2D eigenvalue weighted by Crippen LogP contribution is -2.30. The average Bonchev–Trinajstić information content (AvgIpc) is 2.65. The van der Waals surface area contributed by atoms with E-state index in [-0.39, 0.29) is 23.3 Å². The van der Waals surface area contributed by atoms with Crippen LogP contribution in [0.25, 0.3) is 0 Å². The summed E-state index contributed by atoms with van der Waals surface area (Å²) in [5, 5.41) is 2.81. The Labute approximate surface area is 181 Å². The van der Waals surface area contributed by atoms with Gasteiger partial charge >= 0.3 is 0 Å². The van der Waals surface area contributed by atoms with Gasteiger partial charge in [-0.15, -0.1) is 0 Å². The average molecular weight is 483 g/mol. The number of hydrogen-bond acceptors (Lipinski definition) is 4. The van der Waals surface area contributed by atoms with E-state index in [2.05, 4.69) is 21.2 Å². The van der Waals surface area contributed by atoms with Crippen molar-refractivity contribution in [3.05, 3.63) is 52.5 Å². The van der Waals surface area contributed by atoms with Crippen molar-refractivity contribution >= 4 is 37.5 Å². The molecule has 6 nitrogen and oxygen atoms in total. The molecule has 1 amide bonds. The van der Waals surface area contributed by atoms with Crippen molar-refractivity contribution in [2.45, 2.75) is 45.1 Å². The molecule has 0 saturated carbocycles. The van der Waals surface area contributed by atoms with E-state index in [1.165, 1.54) is 16.4 Å². The van der Waals surface area contributed by atoms with E-state index in [9.17, 15) is 13.2 Å². The number of ether oxygens (including phenoxy) is 1. The van der Waals surface area contributed by atoms with Gasteiger partial charge in [-0.1, -0.05) is 41.9 Å². The van der Waals surface area contributed by atoms with E-state index in [0.29, 0.717) is 24.5 Å². The molecule has 2 rings (SSSR count). The largest absolute Gasteiger partial charge is 0.489 e. The SMILES string of the molecule is CCN(CC)S(=O)(=O)c1ccc(OC(C)C)c(NC(=O)Cc2ccc(Br)cc2)c1. The first-order valence-electron chi connectivity index (χ1n) is 9.52. The fourth-order valence-electron chi connectivity index (χ4n) is 2.82. The van der Waals surface area contributed by atoms with Gasteiger partial charge in [0.2, 0.25) is 15.9 Å². The van der Waals surface area contributed by atoms with Crippen LogP contribution in [0.1, 0.15) is 33.3 Å². The second-order valence-corrected chi connectivity index (χ2v) is 9.62. The Morgan fingerprint density at radius 3 is 2.28 bits per heavy atom. The lowest BCUT2D eigenvalue weighted by molar-refractivity contribution is -0.115. The molecule has 0 atom stereocenters. The van der Waals surface area contributed by atoms with Crippen LogP contribution in [-0.4, -0.2) is 37.8 Å². The van der Waals surface area contributed by atoms with Crippen LogP contribution < -0.4 is 10.1 Å². The van der Waals surface area contributed by atoms with E-state index in [1.807, 2.05) is 38.1 Å². The van der Waals surface area contributed by atoms with Crippen LogP contribution in [0, 0.1) is 0 Å². The van der Waals surface area contributed by atoms with Crippen molar-refractivity contribution in [3.63, 3.8) is 0 Å². The van der Waals surface area contributed by atoms with Gasteiger partial charge in [-0.05, 0) is 49.7 Å². The molecule has 0 aliphatic carbocycles. The predicted molar refractivity (Wildman–Crippen MR) is 119 cm³/mol. The molecule has 0 spiro atoms. The zero-order valence-corrected chi connectivity index (χ0v) is 19.5. The van der Waals surface area contributed by atoms with E-state index in [0.717, 1.165) is 10.0 Å². The normalized spacial score (nSPS) is 11.7. The number of benzene rings is 2. The summed E-state index contributed by atoms with van der Waals surface area (Å²) in [5.41, 5.74) is 1.19. The van der Waals surface area contributed by atoms with Gasteiger partial charge < -0.3 is 10.1 Å². The third-order valence-corrected chi connectivity index (χ3v) is 6.78. The fourth-order valence-corrected chi connectivity index (χ4v) is 4.57. The van der Waals surface area contributed by atoms with Crippen LogP contribution >= 0.6 is 15.9 Å². The molecule has 2 aromatic carbocycles. The predicted octanol–water partition coefficient (Wildman–Crippen LogP) is 4.45. The molecule has 0 aliphatic rings. The van der Waals surface area contributed by atoms with Gasteiger partial charge in [0.15, 0.2) is 0 Å². The Morgan fingerprint density at radius 2 is 1.72 bits per heavy atom. The van der Waals surface area contributed by atoms with Crippen molar-refractivity contribution in [1.29, 1.82) is 0 Å². The highest BCUT2D eigenvalue weighted by Gasteiger charge is 2.23. The monoisotopic (exact) mass is 482 g/mol. The van der Waals surface area contributed by atoms with Crippen LogP contribution in [0.3, 0.4) is 0 Å². The van der Waals surface area contributed by atoms with Crippen molar-refractivity contribution < 1.29 is 17.9 Å². The first kappa shape index (κ1) is 23.4. The number of hydrogen-bond donors (Lipinski definition) is 1. The molecule has 8 heteroatoms. The van der Waals surface area contributed by atoms with Crippen molar-refractivity contribution in [2.24, 2.45) is 0 Å². The molecule has 0 heterocycles. The highest BCUT2D eigenvalue weighted by molar-refractivity contribution is 9.10. The number of nitrogens with one attached hydrogen (secondary N) is 1. The van der Waals surface area contributed by atoms with Gasteiger partial charge in [-0.3, -0.25) is 4.79 Å². The number of sulfonamides is 1. The zero-order chi connectivity index (χ0) is 21.6. The summed E-state index contributed by atoms with van der Waals surface area (Å²) in [6, 6.07) is 12.0. The Bertz CT molecular complexity index is 940. The molecule has 0 fully saturated rings. The Hall–Kier alpha value is -1.90. The fraction of sp³-hybridized carbons (Fsp3) is 0.381. The second kappa shape index (κ2) is 10.2. The Balaban J connectivity index is 2.33. The van der Waals surface area contributed by atoms with Gasteiger partial charge in [0.1, 0.15) is 5.75 Å². The van der Waals surface area contributed by atoms with Crippen LogP contribution in [0.15, 0.2) is 51.8 Å². The minimum absolute atomic E-state index is 0.122. The van der Waals surface area contributed by atoms with Crippen molar-refractivity contribution in [3.8, 4) is 5.75 Å². The summed E-state index contributed by atoms with van der Waals surface area (Å²) in [4.78, 5) is 12.7. The second-order valence-electron chi connectivity index (χ2n) is 6.77. The summed E-state index contributed by atoms with van der Waals surface area (Å²) in [5.74, 6) is 0.181. The van der Waals surface area contributed by atoms with Crippen LogP contribution in [0.4, 0.5) is 5.69 Å². The minimum Gasteiger partial charge on any atom is -0.489 e. The molecule has 0 radical (unpaired) electrons. The number of rotatable bonds is 9. The third kappa shape index (κ3) is 6.29. The van der Waals surface area contributed by atoms with Crippen LogP contribution in [0.5, 0.6) is 5.75 Å². The quantitative estimate of drug-likeness (QED) is 0.572. The molecule has 29 heavy (non-hydrogen) atoms. The number of nitrogens with zero attached hydrogens (tertiary/aromatic N) is 1. The maximum Gasteiger partial charge on any atom is 0.243 e. The first-order chi connectivity index (χ1) is 13.7. The third-order valence-electron chi connectivity index (χ3n) is 4.21. The Morgan fingerprint density at radius 1 is 1.10 bits per heavy atom. The summed E-state index contributed by atoms with van der Waals surface area (Å²) in [6.45, 7) is 8.06. The molecule has 0 unspecified atom stereocenters. The minimum atomic E-state index is -3.65. The standard InChI is InChI=1S/C21H27BrN2O4S/c1-5-24(6-2)29(26,27)18-11-12-20(28-15(3)4)19(14-18)23-21(25)13-16-7-9-17(22)10-8-16/h7-12,14-15H,5-6,13H2,1-4H3,(H,23,25). The summed E-state index contributed by atoms with van der Waals surface area (Å²) in [7, 11) is -3.65. The van der Waals surface area contributed by atoms with Gasteiger partial charge in [-0.25, -0.2) is 8.42 Å². The highest BCUT2D eigenvalue weighted by atomic mass is 79.9. The molecule has 1 N–H and O–H groups in total. The molecular weight excluding hydrogens is 456 g/mol. The van der Waals surface area contributed by atoms with E-state index in [1.54, 1.807) is 19.9 Å². The maximum absolute atomic E-state index is 12.9. The van der Waals surface area contributed by atoms with E-state index >= 15 is 0 Å². The summed E-state index contributed by atoms with van der Waals surface area (Å²) < 4.78 is 33.8. The van der Waals surface area contributed by atoms with Crippen molar-refractivity contribution in [1.82, 2.24) is 4.31 Å². The number of anilines is 1. The van der Waals surface area contributed by atoms with E-state index < -0.39 is 10.0 Å². The topological polar surface area (TPSA) is 75.7 Å². The lowest BCUT2D eigenvalue weighted by Gasteiger charge is -2.20. The smallest absolute Gasteiger partial charge is 0.243 e. The Kier molecular flexibility index (Phi) is 8.24. The number of amides is 1. The molecule has 0 aromatic heterocycles. The lowest BCUT2D eigenvalue weighted by atomic mass is 10.1. The van der Waals surface area contributed by atoms with Gasteiger partial charge in [0.05, 0.1) is 23.1 Å². The number of carbonyl (C=O) groups excluding carboxylic acids is 1. The molecule has 0 aliphatic heterocycles. The number of carbonyl (C=O) groups is 1. The number of halogens is 1. The van der Waals surface area contributed by atoms with Crippen LogP contribution in [-0.2, 0) is 21.2 Å². The zero-order valence-electron chi connectivity index (χ0n) is 17.1. The highest BCUT2D eigenvalue weighted by Crippen LogP contribution is 2.30. The summed E-state index contributed by atoms with van der Waals surface area (Å²) in [6.07, 6.45) is 0.0453. The molecule has 2 aromatic rings. The summed E-state index contributed by atoms with van der Waals surface area (Å²) >= 11 is 3.37. The molecular formula is C21H27BrN2O4S. The van der Waals surface area contributed by atoms with Gasteiger partial charge in [-0.2, -0.15) is 4.31 Å². The van der Waals surface area contributed by atoms with Gasteiger partial charge in [0, 0.05) is 17.6 Å². The van der Waals surface area contributed by atoms with Gasteiger partial charge in [0.25, 0.3) is 0 Å². The molecule has 0 bridgehead atoms. The van der Waals surface area contributed by atoms with Crippen LogP contribution in [0.2, 0.25) is 0 Å². The van der Waals surface area contributed by atoms with E-state index in [4.69, 9.17) is 4.74 Å². The van der Waals surface area contributed by atoms with Crippen molar-refractivity contribution in [2.75, 3.05) is 18.4 Å². The molecule has 0 saturated heterocycles. The maximum atomic E-state index is 12.9.